The van der Waals surface area contributed by atoms with Gasteiger partial charge in [-0.05, 0) is 80.0 Å². The fourth-order valence-electron chi connectivity index (χ4n) is 8.90. The van der Waals surface area contributed by atoms with Gasteiger partial charge in [-0.15, -0.1) is 35.1 Å². The topological polar surface area (TPSA) is 287 Å². The maximum Gasteiger partial charge on any atom is 0.314 e. The molecule has 2 aromatic carbocycles. The van der Waals surface area contributed by atoms with Crippen LogP contribution in [0.1, 0.15) is 111 Å². The minimum atomic E-state index is -0.903. The van der Waals surface area contributed by atoms with E-state index in [1.54, 1.807) is 34.8 Å². The third kappa shape index (κ3) is 16.8. The van der Waals surface area contributed by atoms with E-state index in [4.69, 9.17) is 24.4 Å². The minimum Gasteiger partial charge on any atom is -0.481 e. The van der Waals surface area contributed by atoms with E-state index in [0.717, 1.165) is 38.5 Å². The van der Waals surface area contributed by atoms with Crippen LogP contribution in [0.5, 0.6) is 0 Å². The van der Waals surface area contributed by atoms with Crippen LogP contribution < -0.4 is 16.0 Å². The summed E-state index contributed by atoms with van der Waals surface area (Å²) in [5, 5.41) is 63.2. The highest BCUT2D eigenvalue weighted by Gasteiger charge is 2.43. The molecule has 76 heavy (non-hydrogen) atoms. The molecule has 0 bridgehead atoms. The van der Waals surface area contributed by atoms with Crippen molar-refractivity contribution < 1.29 is 53.8 Å². The lowest BCUT2D eigenvalue weighted by Crippen LogP contribution is -2.48. The normalized spacial score (nSPS) is 17.8. The molecule has 0 radical (unpaired) electrons. The molecule has 8 rings (SSSR count). The van der Waals surface area contributed by atoms with E-state index >= 15 is 0 Å². The van der Waals surface area contributed by atoms with Gasteiger partial charge in [0.2, 0.25) is 17.7 Å². The molecule has 4 aromatic heterocycles. The van der Waals surface area contributed by atoms with Gasteiger partial charge in [0.05, 0.1) is 61.8 Å². The predicted molar refractivity (Wildman–Crippen MR) is 291 cm³/mol. The molecular weight excluding hydrogens is 1040 g/mol. The van der Waals surface area contributed by atoms with Crippen LogP contribution in [0.25, 0.3) is 20.9 Å². The Kier molecular flexibility index (Phi) is 23.7. The summed E-state index contributed by atoms with van der Waals surface area (Å²) in [7, 11) is 0. The Morgan fingerprint density at radius 3 is 1.59 bits per heavy atom. The lowest BCUT2D eigenvalue weighted by Gasteiger charge is -2.28. The number of carbonyl (C=O) groups excluding carboxylic acids is 3. The zero-order valence-electron chi connectivity index (χ0n) is 43.7. The second-order valence-corrected chi connectivity index (χ2v) is 21.2. The van der Waals surface area contributed by atoms with Gasteiger partial charge in [-0.2, -0.15) is 0 Å². The first kappa shape index (κ1) is 60.9. The number of aliphatic hydroxyl groups excluding tert-OH is 4. The maximum absolute atomic E-state index is 13.6. The molecule has 19 nitrogen and oxygen atoms in total. The van der Waals surface area contributed by atoms with Crippen molar-refractivity contribution in [1.82, 2.24) is 41.1 Å². The molecule has 2 aliphatic heterocycles. The van der Waals surface area contributed by atoms with Crippen LogP contribution in [0.4, 0.5) is 0 Å². The number of nitrogens with zero attached hydrogens (tertiary/aromatic N) is 5. The maximum atomic E-state index is 13.6. The molecule has 0 aliphatic carbocycles. The molecule has 2 saturated heterocycles. The van der Waals surface area contributed by atoms with E-state index in [0.29, 0.717) is 74.6 Å². The van der Waals surface area contributed by atoms with Crippen molar-refractivity contribution in [2.45, 2.75) is 129 Å². The Bertz CT molecular complexity index is 2760. The van der Waals surface area contributed by atoms with Crippen molar-refractivity contribution in [3.05, 3.63) is 117 Å². The molecule has 22 heteroatoms. The number of aliphatic hydroxyl groups is 4. The van der Waals surface area contributed by atoms with Gasteiger partial charge in [-0.25, -0.2) is 9.97 Å². The lowest BCUT2D eigenvalue weighted by atomic mass is 9.91. The lowest BCUT2D eigenvalue weighted by molar-refractivity contribution is -0.141. The number of thiazole rings is 2. The molecule has 2 aliphatic rings. The highest BCUT2D eigenvalue weighted by molar-refractivity contribution is 7.13. The Labute approximate surface area is 456 Å². The average molecular weight is 1110 g/mol. The molecule has 6 heterocycles. The number of β-amino-alcohol motifs (C(OH)–C–C–N with tert-alkyl or cyclic N) is 2. The Balaban J connectivity index is 0.000000232. The van der Waals surface area contributed by atoms with Gasteiger partial charge in [-0.1, -0.05) is 86.5 Å². The van der Waals surface area contributed by atoms with Gasteiger partial charge in [0, 0.05) is 57.9 Å². The zero-order chi connectivity index (χ0) is 54.2. The number of aryl methyl sites for hydroxylation is 4. The number of likely N-dealkylation sites (tertiary alicyclic amines) is 1. The Morgan fingerprint density at radius 2 is 1.18 bits per heavy atom. The average Bonchev–Trinajstić information content (AvgIpc) is 4.27. The van der Waals surface area contributed by atoms with Gasteiger partial charge < -0.3 is 55.4 Å². The number of benzene rings is 2. The minimum absolute atomic E-state index is 0. The summed E-state index contributed by atoms with van der Waals surface area (Å²) < 4.78 is 10.5. The van der Waals surface area contributed by atoms with Crippen LogP contribution in [0.2, 0.25) is 0 Å². The number of hydrogen-bond donors (Lipinski definition) is 8. The monoisotopic (exact) mass is 1110 g/mol. The van der Waals surface area contributed by atoms with Crippen LogP contribution in [-0.4, -0.2) is 125 Å². The van der Waals surface area contributed by atoms with Crippen molar-refractivity contribution in [2.75, 3.05) is 26.3 Å². The number of aromatic nitrogens is 4. The number of amides is 3. The van der Waals surface area contributed by atoms with Gasteiger partial charge >= 0.3 is 5.97 Å². The quantitative estimate of drug-likeness (QED) is 0.0413. The number of carbonyl (C=O) groups is 4. The van der Waals surface area contributed by atoms with E-state index in [-0.39, 0.29) is 74.2 Å². The number of nitrogens with one attached hydrogen (secondary N) is 3. The standard InChI is InChI=1S/C27H34N4O5S.C16H19N3O2S.C11H17NO4.ClH/c1-16(2)24(23-11-20(30-36-23)5-4-10-32)27(35)31-14-21(33)12-22(31)26(34)28-13-18-6-8-19(9-7-18)25-17(3)29-15-37-25;1-10-15(22-9-19-10)12-4-2-11(3-5-12)7-18-16(21)14-6-13(20)8-17-14;1-7(2)10(11(14)15)9-6-8(12-16-9)4-3-5-13;/h6-9,11,15-16,21-22,24,32-33H,4-5,10,12-14H2,1-3H3,(H,28,34);2-5,9,13-14,17,20H,6-8H2,1H3,(H,18,21);6-7,10,13H,3-5H2,1-2H3,(H,14,15);1H/t21-,22+,24?;13-,14+;;/m11../s1. The van der Waals surface area contributed by atoms with Crippen LogP contribution >= 0.6 is 35.1 Å². The van der Waals surface area contributed by atoms with E-state index in [1.807, 2.05) is 89.0 Å². The third-order valence-corrected chi connectivity index (χ3v) is 14.9. The second-order valence-electron chi connectivity index (χ2n) is 19.5. The number of aliphatic carboxylic acids is 1. The summed E-state index contributed by atoms with van der Waals surface area (Å²) in [6.45, 7) is 13.0. The number of halogens is 1. The summed E-state index contributed by atoms with van der Waals surface area (Å²) in [6.07, 6.45) is 1.79. The number of hydrogen-bond acceptors (Lipinski definition) is 17. The van der Waals surface area contributed by atoms with Crippen LogP contribution in [0, 0.1) is 25.7 Å². The highest BCUT2D eigenvalue weighted by Crippen LogP contribution is 2.33. The Morgan fingerprint density at radius 1 is 0.711 bits per heavy atom. The van der Waals surface area contributed by atoms with Crippen molar-refractivity contribution in [3.8, 4) is 20.9 Å². The number of carboxylic acid groups (broad SMARTS) is 1. The van der Waals surface area contributed by atoms with E-state index in [2.05, 4.69) is 48.4 Å². The van der Waals surface area contributed by atoms with E-state index < -0.39 is 36.1 Å². The second kappa shape index (κ2) is 29.6. The molecule has 2 unspecified atom stereocenters. The predicted octanol–water partition coefficient (Wildman–Crippen LogP) is 6.35. The fourth-order valence-corrected chi connectivity index (χ4v) is 10.5. The first-order valence-electron chi connectivity index (χ1n) is 25.3. The molecule has 412 valence electrons. The molecule has 3 amide bonds. The van der Waals surface area contributed by atoms with Gasteiger partial charge in [0.15, 0.2) is 5.76 Å². The zero-order valence-corrected chi connectivity index (χ0v) is 46.1. The highest BCUT2D eigenvalue weighted by atomic mass is 35.5. The SMILES string of the molecule is CC(C)C(C(=O)O)c1cc(CCCO)no1.Cc1ncsc1-c1ccc(CNC(=O)[C@@H]2C[C@@H](O)CN2)cc1.Cc1ncsc1-c1ccc(CNC(=O)[C@@H]2C[C@@H](O)CN2C(=O)C(c2cc(CCCO)no2)C(C)C)cc1.Cl. The Hall–Kier alpha value is -5.91. The van der Waals surface area contributed by atoms with Crippen molar-refractivity contribution in [1.29, 1.82) is 0 Å². The number of carboxylic acids is 1. The summed E-state index contributed by atoms with van der Waals surface area (Å²) in [4.78, 5) is 62.1. The van der Waals surface area contributed by atoms with E-state index in [9.17, 15) is 29.4 Å². The molecule has 6 aromatic rings. The van der Waals surface area contributed by atoms with E-state index in [1.165, 1.54) is 9.78 Å². The van der Waals surface area contributed by atoms with Gasteiger partial charge in [0.25, 0.3) is 0 Å². The van der Waals surface area contributed by atoms with Crippen molar-refractivity contribution in [2.24, 2.45) is 11.8 Å². The fraction of sp³-hybridized carbons (Fsp3) is 0.481. The molecule has 8 N–H and O–H groups in total. The molecule has 0 saturated carbocycles. The number of rotatable bonds is 20. The van der Waals surface area contributed by atoms with Gasteiger partial charge in [-0.3, -0.25) is 19.2 Å². The van der Waals surface area contributed by atoms with Crippen LogP contribution in [-0.2, 0) is 45.1 Å². The molecule has 0 spiro atoms. The molecular formula is C54H71ClN8O11S2. The third-order valence-electron chi connectivity index (χ3n) is 13.0. The summed E-state index contributed by atoms with van der Waals surface area (Å²) in [5.74, 6) is -2.13. The first-order valence-corrected chi connectivity index (χ1v) is 27.0. The summed E-state index contributed by atoms with van der Waals surface area (Å²) in [5.41, 5.74) is 11.3. The largest absolute Gasteiger partial charge is 0.481 e. The van der Waals surface area contributed by atoms with Crippen LogP contribution in [0.15, 0.2) is 80.7 Å². The smallest absolute Gasteiger partial charge is 0.314 e. The summed E-state index contributed by atoms with van der Waals surface area (Å²) >= 11 is 3.22. The molecule has 6 atom stereocenters. The van der Waals surface area contributed by atoms with Crippen molar-refractivity contribution in [3.63, 3.8) is 0 Å². The molecule has 2 fully saturated rings. The van der Waals surface area contributed by atoms with Crippen LogP contribution in [0.3, 0.4) is 0 Å². The van der Waals surface area contributed by atoms with Gasteiger partial charge in [0.1, 0.15) is 23.6 Å². The van der Waals surface area contributed by atoms with Crippen molar-refractivity contribution >= 4 is 58.8 Å². The summed E-state index contributed by atoms with van der Waals surface area (Å²) in [6, 6.07) is 18.5. The first-order chi connectivity index (χ1) is 36.0.